The summed E-state index contributed by atoms with van der Waals surface area (Å²) in [6.07, 6.45) is 0. The molecule has 0 aromatic rings. The second-order valence-electron chi connectivity index (χ2n) is 1.06. The Morgan fingerprint density at radius 2 is 2.60 bits per heavy atom. The average molecular weight is 73.1 g/mol. The first-order valence-corrected chi connectivity index (χ1v) is 1.81. The van der Waals surface area contributed by atoms with E-state index >= 15 is 0 Å². The van der Waals surface area contributed by atoms with Crippen LogP contribution in [0, 0.1) is 0 Å². The molecule has 1 saturated heterocycles. The molecular formula is C3H7NO. The lowest BCUT2D eigenvalue weighted by Gasteiger charge is -1.76. The van der Waals surface area contributed by atoms with Gasteiger partial charge in [0, 0.05) is 6.54 Å². The molecule has 1 aliphatic heterocycles. The van der Waals surface area contributed by atoms with Gasteiger partial charge in [0.1, 0.15) is 6.73 Å². The second kappa shape index (κ2) is 0.954. The number of nitrogens with zero attached hydrogens (tertiary/aromatic N) is 1. The van der Waals surface area contributed by atoms with Crippen LogP contribution in [-0.4, -0.2) is 18.3 Å². The van der Waals surface area contributed by atoms with Crippen LogP contribution in [0.4, 0.5) is 0 Å². The Kier molecular flexibility index (Phi) is 0.596. The maximum atomic E-state index is 4.69. The fraction of sp³-hybridized carbons (Fsp3) is 1.00. The Morgan fingerprint density at radius 3 is 2.60 bits per heavy atom. The average Bonchev–Trinajstić information content (AvgIpc) is 2.12. The minimum Gasteiger partial charge on any atom is -0.279 e. The lowest BCUT2D eigenvalue weighted by atomic mass is 10.8. The summed E-state index contributed by atoms with van der Waals surface area (Å²) in [7, 11) is 0. The predicted octanol–water partition coefficient (Wildman–Crippen LogP) is 0.211. The fourth-order valence-corrected chi connectivity index (χ4v) is 0.223. The molecule has 0 saturated carbocycles. The molecule has 0 aromatic heterocycles. The van der Waals surface area contributed by atoms with Gasteiger partial charge in [-0.3, -0.25) is 4.84 Å². The van der Waals surface area contributed by atoms with Crippen LogP contribution in [0.3, 0.4) is 0 Å². The van der Waals surface area contributed by atoms with Crippen molar-refractivity contribution in [2.75, 3.05) is 13.3 Å². The van der Waals surface area contributed by atoms with Crippen molar-refractivity contribution in [2.45, 2.75) is 6.92 Å². The lowest BCUT2D eigenvalue weighted by Crippen LogP contribution is -1.89. The molecule has 2 heteroatoms. The maximum Gasteiger partial charge on any atom is 0.144 e. The monoisotopic (exact) mass is 73.1 g/mol. The van der Waals surface area contributed by atoms with Crippen LogP contribution in [0.2, 0.25) is 0 Å². The third-order valence-corrected chi connectivity index (χ3v) is 0.664. The molecule has 1 atom stereocenters. The molecule has 0 spiro atoms. The van der Waals surface area contributed by atoms with Crippen LogP contribution in [0.5, 0.6) is 0 Å². The van der Waals surface area contributed by atoms with Crippen LogP contribution in [0.1, 0.15) is 6.92 Å². The van der Waals surface area contributed by atoms with Gasteiger partial charge in [-0.1, -0.05) is 0 Å². The smallest absolute Gasteiger partial charge is 0.144 e. The van der Waals surface area contributed by atoms with Gasteiger partial charge in [-0.2, -0.15) is 5.06 Å². The van der Waals surface area contributed by atoms with Crippen LogP contribution in [0.15, 0.2) is 0 Å². The van der Waals surface area contributed by atoms with Gasteiger partial charge in [0.05, 0.1) is 0 Å². The lowest BCUT2D eigenvalue weighted by molar-refractivity contribution is 0.209. The zero-order chi connectivity index (χ0) is 3.70. The summed E-state index contributed by atoms with van der Waals surface area (Å²) in [5, 5.41) is 1.88. The molecule has 30 valence electrons. The van der Waals surface area contributed by atoms with Crippen LogP contribution < -0.4 is 0 Å². The van der Waals surface area contributed by atoms with E-state index in [1.807, 2.05) is 5.06 Å². The highest BCUT2D eigenvalue weighted by atomic mass is 16.8. The first-order chi connectivity index (χ1) is 2.43. The van der Waals surface area contributed by atoms with Gasteiger partial charge in [0.25, 0.3) is 0 Å². The van der Waals surface area contributed by atoms with E-state index in [-0.39, 0.29) is 0 Å². The molecule has 1 rings (SSSR count). The Balaban J connectivity index is 2.00. The summed E-state index contributed by atoms with van der Waals surface area (Å²) >= 11 is 0. The van der Waals surface area contributed by atoms with E-state index < -0.39 is 0 Å². The molecule has 0 N–H and O–H groups in total. The van der Waals surface area contributed by atoms with E-state index in [0.29, 0.717) is 0 Å². The van der Waals surface area contributed by atoms with Crippen molar-refractivity contribution < 1.29 is 4.84 Å². The molecule has 0 bridgehead atoms. The topological polar surface area (TPSA) is 15.5 Å². The van der Waals surface area contributed by atoms with Gasteiger partial charge < -0.3 is 0 Å². The first kappa shape index (κ1) is 3.12. The van der Waals surface area contributed by atoms with Crippen molar-refractivity contribution >= 4 is 0 Å². The van der Waals surface area contributed by atoms with Crippen molar-refractivity contribution in [1.29, 1.82) is 0 Å². The summed E-state index contributed by atoms with van der Waals surface area (Å²) in [5.41, 5.74) is 0. The van der Waals surface area contributed by atoms with Gasteiger partial charge in [-0.25, -0.2) is 0 Å². The van der Waals surface area contributed by atoms with Crippen molar-refractivity contribution in [3.8, 4) is 0 Å². The standard InChI is InChI=1S/C3H7NO/c1-2-4-3-5-4/h2-3H2,1H3. The minimum absolute atomic E-state index is 0.844. The molecular weight excluding hydrogens is 66.0 g/mol. The van der Waals surface area contributed by atoms with E-state index in [0.717, 1.165) is 13.3 Å². The van der Waals surface area contributed by atoms with Gasteiger partial charge in [0.15, 0.2) is 0 Å². The molecule has 1 aliphatic rings. The van der Waals surface area contributed by atoms with E-state index in [1.165, 1.54) is 0 Å². The minimum atomic E-state index is 0.844. The normalized spacial score (nSPS) is 34.2. The second-order valence-corrected chi connectivity index (χ2v) is 1.06. The van der Waals surface area contributed by atoms with Gasteiger partial charge in [-0.15, -0.1) is 0 Å². The largest absolute Gasteiger partial charge is 0.279 e. The van der Waals surface area contributed by atoms with Crippen molar-refractivity contribution in [3.63, 3.8) is 0 Å². The quantitative estimate of drug-likeness (QED) is 0.412. The Morgan fingerprint density at radius 1 is 2.00 bits per heavy atom. The summed E-state index contributed by atoms with van der Waals surface area (Å²) in [6, 6.07) is 0. The number of hydrogen-bond donors (Lipinski definition) is 0. The van der Waals surface area contributed by atoms with E-state index in [4.69, 9.17) is 4.84 Å². The Labute approximate surface area is 31.3 Å². The molecule has 1 fully saturated rings. The Bertz CT molecular complexity index is 33.9. The zero-order valence-corrected chi connectivity index (χ0v) is 3.27. The SMILES string of the molecule is CCN1CO1. The summed E-state index contributed by atoms with van der Waals surface area (Å²) in [4.78, 5) is 4.69. The Hall–Kier alpha value is -0.0800. The highest BCUT2D eigenvalue weighted by Gasteiger charge is 2.13. The molecule has 5 heavy (non-hydrogen) atoms. The summed E-state index contributed by atoms with van der Waals surface area (Å²) in [6.45, 7) is 3.93. The van der Waals surface area contributed by atoms with Gasteiger partial charge in [0.2, 0.25) is 0 Å². The molecule has 0 aliphatic carbocycles. The predicted molar refractivity (Wildman–Crippen MR) is 18.3 cm³/mol. The van der Waals surface area contributed by atoms with Gasteiger partial charge in [-0.05, 0) is 6.92 Å². The zero-order valence-electron chi connectivity index (χ0n) is 3.27. The van der Waals surface area contributed by atoms with Gasteiger partial charge >= 0.3 is 0 Å². The first-order valence-electron chi connectivity index (χ1n) is 1.81. The number of hydrogen-bond acceptors (Lipinski definition) is 2. The van der Waals surface area contributed by atoms with E-state index in [1.54, 1.807) is 0 Å². The van der Waals surface area contributed by atoms with E-state index in [9.17, 15) is 0 Å². The number of rotatable bonds is 1. The molecule has 0 amide bonds. The highest BCUT2D eigenvalue weighted by molar-refractivity contribution is 4.37. The molecule has 0 radical (unpaired) electrons. The third-order valence-electron chi connectivity index (χ3n) is 0.664. The maximum absolute atomic E-state index is 4.69. The van der Waals surface area contributed by atoms with Crippen LogP contribution in [0.25, 0.3) is 0 Å². The molecule has 2 nitrogen and oxygen atoms in total. The number of hydroxylamine groups is 2. The third kappa shape index (κ3) is 0.597. The molecule has 0 aromatic carbocycles. The van der Waals surface area contributed by atoms with Crippen molar-refractivity contribution in [3.05, 3.63) is 0 Å². The fourth-order valence-electron chi connectivity index (χ4n) is 0.223. The van der Waals surface area contributed by atoms with Crippen molar-refractivity contribution in [2.24, 2.45) is 0 Å². The molecule has 1 heterocycles. The molecule has 1 unspecified atom stereocenters. The van der Waals surface area contributed by atoms with Crippen LogP contribution in [-0.2, 0) is 4.84 Å². The van der Waals surface area contributed by atoms with E-state index in [2.05, 4.69) is 6.92 Å². The summed E-state index contributed by atoms with van der Waals surface area (Å²) < 4.78 is 0. The van der Waals surface area contributed by atoms with Crippen LogP contribution >= 0.6 is 0 Å². The van der Waals surface area contributed by atoms with Crippen molar-refractivity contribution in [1.82, 2.24) is 5.06 Å². The highest BCUT2D eigenvalue weighted by Crippen LogP contribution is 2.02. The summed E-state index contributed by atoms with van der Waals surface area (Å²) in [5.74, 6) is 0.